The third kappa shape index (κ3) is 9.97. The normalized spacial score (nSPS) is 15.6. The highest BCUT2D eigenvalue weighted by Crippen LogP contribution is 2.57. The van der Waals surface area contributed by atoms with Crippen LogP contribution >= 0.6 is 0 Å². The van der Waals surface area contributed by atoms with E-state index in [-0.39, 0.29) is 16.2 Å². The number of rotatable bonds is 17. The Morgan fingerprint density at radius 1 is 0.407 bits per heavy atom. The van der Waals surface area contributed by atoms with Crippen molar-refractivity contribution >= 4 is 58.4 Å². The Hall–Kier alpha value is -8.72. The van der Waals surface area contributed by atoms with Crippen molar-refractivity contribution in [3.05, 3.63) is 309 Å². The molecule has 0 saturated carbocycles. The van der Waals surface area contributed by atoms with Gasteiger partial charge in [0.1, 0.15) is 0 Å². The summed E-state index contributed by atoms with van der Waals surface area (Å²) in [5.74, 6) is 0. The molecule has 12 rings (SSSR count). The maximum Gasteiger partial charge on any atom is 0.0462 e. The van der Waals surface area contributed by atoms with E-state index in [1.807, 2.05) is 0 Å². The Morgan fingerprint density at radius 2 is 0.815 bits per heavy atom. The molecule has 2 nitrogen and oxygen atoms in total. The zero-order valence-corrected chi connectivity index (χ0v) is 48.3. The average molecular weight is 1050 g/mol. The monoisotopic (exact) mass is 1050 g/mol. The first-order chi connectivity index (χ1) is 39.5. The van der Waals surface area contributed by atoms with Crippen LogP contribution in [0.4, 0.5) is 34.1 Å². The average Bonchev–Trinajstić information content (AvgIpc) is 3.79. The minimum absolute atomic E-state index is 0.0384. The second kappa shape index (κ2) is 22.1. The van der Waals surface area contributed by atoms with Gasteiger partial charge in [0.15, 0.2) is 0 Å². The fourth-order valence-electron chi connectivity index (χ4n) is 13.4. The van der Waals surface area contributed by atoms with E-state index in [0.29, 0.717) is 0 Å². The molecule has 0 aliphatic heterocycles. The molecule has 2 heteroatoms. The van der Waals surface area contributed by atoms with Gasteiger partial charge in [-0.1, -0.05) is 240 Å². The summed E-state index contributed by atoms with van der Waals surface area (Å²) in [7, 11) is 0. The molecule has 0 amide bonds. The molecule has 2 aliphatic carbocycles. The third-order valence-corrected chi connectivity index (χ3v) is 18.1. The second-order valence-electron chi connectivity index (χ2n) is 23.3. The molecule has 400 valence electrons. The number of hydrogen-bond donors (Lipinski definition) is 0. The Labute approximate surface area is 482 Å². The van der Waals surface area contributed by atoms with Gasteiger partial charge in [0.05, 0.1) is 0 Å². The van der Waals surface area contributed by atoms with E-state index in [1.165, 1.54) is 83.5 Å². The number of benzene rings is 10. The van der Waals surface area contributed by atoms with Gasteiger partial charge < -0.3 is 9.80 Å². The molecule has 81 heavy (non-hydrogen) atoms. The molecular formula is C79H74N2. The fraction of sp³-hybridized carbons (Fsp3) is 0.190. The van der Waals surface area contributed by atoms with Crippen molar-refractivity contribution in [3.63, 3.8) is 0 Å². The minimum atomic E-state index is -0.160. The molecule has 0 fully saturated rings. The van der Waals surface area contributed by atoms with E-state index >= 15 is 0 Å². The van der Waals surface area contributed by atoms with Gasteiger partial charge in [-0.05, 0) is 185 Å². The molecule has 10 aromatic rings. The lowest BCUT2D eigenvalue weighted by Gasteiger charge is -2.45. The summed E-state index contributed by atoms with van der Waals surface area (Å²) in [6.07, 6.45) is 14.0. The van der Waals surface area contributed by atoms with E-state index in [2.05, 4.69) is 319 Å². The molecule has 0 heterocycles. The number of fused-ring (bicyclic) bond motifs is 4. The predicted octanol–water partition coefficient (Wildman–Crippen LogP) is 21.6. The number of nitrogens with zero attached hydrogens (tertiary/aromatic N) is 2. The Kier molecular flexibility index (Phi) is 14.4. The van der Waals surface area contributed by atoms with Crippen molar-refractivity contribution in [1.82, 2.24) is 0 Å². The van der Waals surface area contributed by atoms with E-state index in [0.717, 1.165) is 66.2 Å². The zero-order valence-electron chi connectivity index (χ0n) is 48.3. The molecule has 0 N–H and O–H groups in total. The van der Waals surface area contributed by atoms with Crippen molar-refractivity contribution < 1.29 is 0 Å². The molecule has 0 saturated heterocycles. The summed E-state index contributed by atoms with van der Waals surface area (Å²) >= 11 is 0. The molecule has 2 atom stereocenters. The van der Waals surface area contributed by atoms with Crippen LogP contribution in [0.1, 0.15) is 133 Å². The van der Waals surface area contributed by atoms with Crippen LogP contribution in [0.5, 0.6) is 0 Å². The number of hydrogen-bond acceptors (Lipinski definition) is 2. The fourth-order valence-corrected chi connectivity index (χ4v) is 13.4. The summed E-state index contributed by atoms with van der Waals surface area (Å²) in [6, 6.07) is 88.4. The quantitative estimate of drug-likeness (QED) is 0.0839. The van der Waals surface area contributed by atoms with E-state index < -0.39 is 0 Å². The van der Waals surface area contributed by atoms with Crippen molar-refractivity contribution in [1.29, 1.82) is 0 Å². The van der Waals surface area contributed by atoms with Crippen LogP contribution in [0.2, 0.25) is 0 Å². The van der Waals surface area contributed by atoms with Crippen molar-refractivity contribution in [2.45, 2.75) is 96.8 Å². The highest BCUT2D eigenvalue weighted by Gasteiger charge is 2.47. The lowest BCUT2D eigenvalue weighted by atomic mass is 9.58. The van der Waals surface area contributed by atoms with E-state index in [4.69, 9.17) is 0 Å². The van der Waals surface area contributed by atoms with Gasteiger partial charge >= 0.3 is 0 Å². The largest absolute Gasteiger partial charge is 0.311 e. The molecular weight excluding hydrogens is 977 g/mol. The molecule has 2 unspecified atom stereocenters. The third-order valence-electron chi connectivity index (χ3n) is 18.1. The minimum Gasteiger partial charge on any atom is -0.311 e. The van der Waals surface area contributed by atoms with Crippen LogP contribution in [0, 0.1) is 13.8 Å². The number of aryl methyl sites for hydroxylation is 2. The first kappa shape index (κ1) is 53.0. The standard InChI is InChI=1S/C79H74N2/c1-8-51-78(9-2,63-33-46-70(47-34-63)80(66-38-21-56(4)22-39-66)68-42-29-60(30-43-68)27-25-58-17-13-11-14-18-58)65-37-50-72-73-52-62-55-79(10-3,74(62)54-76(73)77(6,7)75(72)53-65)64-35-48-71(49-36-64)81(67-40-23-57(5)24-41-67)69-44-31-61(32-45-69)28-26-59-19-15-12-16-20-59/h11-50,52-54H,8-10,51,55H2,1-7H3/b27-25+,28-26+. The van der Waals surface area contributed by atoms with Crippen LogP contribution in [-0.4, -0.2) is 0 Å². The van der Waals surface area contributed by atoms with Crippen LogP contribution in [0.15, 0.2) is 237 Å². The lowest BCUT2D eigenvalue weighted by Crippen LogP contribution is -2.40. The number of anilines is 6. The second-order valence-corrected chi connectivity index (χ2v) is 23.3. The smallest absolute Gasteiger partial charge is 0.0462 e. The first-order valence-electron chi connectivity index (χ1n) is 29.4. The van der Waals surface area contributed by atoms with E-state index in [1.54, 1.807) is 0 Å². The lowest BCUT2D eigenvalue weighted by molar-refractivity contribution is 0.431. The van der Waals surface area contributed by atoms with Gasteiger partial charge in [-0.15, -0.1) is 0 Å². The highest BCUT2D eigenvalue weighted by atomic mass is 15.1. The van der Waals surface area contributed by atoms with Crippen molar-refractivity contribution in [2.24, 2.45) is 0 Å². The summed E-state index contributed by atoms with van der Waals surface area (Å²) in [4.78, 5) is 4.78. The summed E-state index contributed by atoms with van der Waals surface area (Å²) in [5.41, 5.74) is 26.7. The SMILES string of the molecule is CCCC(CC)(c1ccc(N(c2ccc(C)cc2)c2ccc(/C=C/c3ccccc3)cc2)cc1)c1ccc2c(c1)C(C)(C)c1cc3c(cc1-2)CC3(CC)c1ccc(N(c2ccc(C)cc2)c2ccc(/C=C/c3ccccc3)cc2)cc1. The van der Waals surface area contributed by atoms with Crippen LogP contribution in [0.3, 0.4) is 0 Å². The molecule has 0 spiro atoms. The van der Waals surface area contributed by atoms with Crippen molar-refractivity contribution in [2.75, 3.05) is 9.80 Å². The van der Waals surface area contributed by atoms with Crippen molar-refractivity contribution in [3.8, 4) is 11.1 Å². The first-order valence-corrected chi connectivity index (χ1v) is 29.4. The summed E-state index contributed by atoms with van der Waals surface area (Å²) in [5, 5.41) is 0. The van der Waals surface area contributed by atoms with Gasteiger partial charge in [-0.3, -0.25) is 0 Å². The van der Waals surface area contributed by atoms with Crippen LogP contribution in [0.25, 0.3) is 35.4 Å². The Morgan fingerprint density at radius 3 is 1.26 bits per heavy atom. The maximum atomic E-state index is 2.62. The zero-order chi connectivity index (χ0) is 55.7. The summed E-state index contributed by atoms with van der Waals surface area (Å²) < 4.78 is 0. The van der Waals surface area contributed by atoms with Crippen LogP contribution in [-0.2, 0) is 22.7 Å². The summed E-state index contributed by atoms with van der Waals surface area (Å²) in [6.45, 7) is 16.4. The van der Waals surface area contributed by atoms with Gasteiger partial charge in [0.2, 0.25) is 0 Å². The van der Waals surface area contributed by atoms with Gasteiger partial charge in [0.25, 0.3) is 0 Å². The Balaban J connectivity index is 0.827. The molecule has 0 bridgehead atoms. The maximum absolute atomic E-state index is 2.62. The molecule has 10 aromatic carbocycles. The Bertz CT molecular complexity index is 3870. The topological polar surface area (TPSA) is 6.48 Å². The van der Waals surface area contributed by atoms with Gasteiger partial charge in [-0.25, -0.2) is 0 Å². The molecule has 0 radical (unpaired) electrons. The van der Waals surface area contributed by atoms with E-state index in [9.17, 15) is 0 Å². The van der Waals surface area contributed by atoms with Gasteiger partial charge in [-0.2, -0.15) is 0 Å². The highest BCUT2D eigenvalue weighted by molar-refractivity contribution is 5.85. The molecule has 0 aromatic heterocycles. The molecule has 2 aliphatic rings. The van der Waals surface area contributed by atoms with Gasteiger partial charge in [0, 0.05) is 50.4 Å². The van der Waals surface area contributed by atoms with Crippen LogP contribution < -0.4 is 9.80 Å². The predicted molar refractivity (Wildman–Crippen MR) is 347 cm³/mol.